The minimum absolute atomic E-state index is 0.181. The second kappa shape index (κ2) is 14.9. The predicted molar refractivity (Wildman–Crippen MR) is 98.0 cm³/mol. The third-order valence-corrected chi connectivity index (χ3v) is 4.35. The molecule has 0 aromatic heterocycles. The summed E-state index contributed by atoms with van der Waals surface area (Å²) in [7, 11) is 0. The van der Waals surface area contributed by atoms with Crippen molar-refractivity contribution in [1.82, 2.24) is 0 Å². The summed E-state index contributed by atoms with van der Waals surface area (Å²) in [5, 5.41) is 28.9. The van der Waals surface area contributed by atoms with Gasteiger partial charge in [-0.2, -0.15) is 0 Å². The maximum Gasteiger partial charge on any atom is 0.249 e. The molecule has 2 amide bonds. The van der Waals surface area contributed by atoms with Gasteiger partial charge < -0.3 is 31.5 Å². The number of aliphatic hydroxyl groups is 3. The van der Waals surface area contributed by atoms with Crippen LogP contribution >= 0.6 is 0 Å². The third-order valence-electron chi connectivity index (χ3n) is 4.35. The summed E-state index contributed by atoms with van der Waals surface area (Å²) in [4.78, 5) is 22.2. The molecule has 0 heterocycles. The SMILES string of the molecule is CCCCCCCCCCCCO[C@@H](C(N)=O)[C@@H](O)[C@H](O)[C@H](O)C(N)=O. The van der Waals surface area contributed by atoms with Crippen LogP contribution in [0.5, 0.6) is 0 Å². The number of amides is 2. The number of ether oxygens (including phenoxy) is 1. The average molecular weight is 376 g/mol. The summed E-state index contributed by atoms with van der Waals surface area (Å²) in [6.45, 7) is 2.38. The van der Waals surface area contributed by atoms with Crippen LogP contribution in [0.25, 0.3) is 0 Å². The lowest BCUT2D eigenvalue weighted by atomic mass is 10.0. The molecule has 0 aliphatic carbocycles. The average Bonchev–Trinajstić information content (AvgIpc) is 2.60. The van der Waals surface area contributed by atoms with Crippen molar-refractivity contribution in [2.45, 2.75) is 95.5 Å². The summed E-state index contributed by atoms with van der Waals surface area (Å²) in [5.41, 5.74) is 10.00. The number of carbonyl (C=O) groups excluding carboxylic acids is 2. The topological polar surface area (TPSA) is 156 Å². The Balaban J connectivity index is 3.94. The first-order chi connectivity index (χ1) is 12.3. The van der Waals surface area contributed by atoms with Crippen LogP contribution in [0.3, 0.4) is 0 Å². The second-order valence-corrected chi connectivity index (χ2v) is 6.70. The molecule has 0 bridgehead atoms. The van der Waals surface area contributed by atoms with Crippen molar-refractivity contribution in [3.8, 4) is 0 Å². The number of hydrogen-bond donors (Lipinski definition) is 5. The smallest absolute Gasteiger partial charge is 0.249 e. The molecule has 0 saturated carbocycles. The van der Waals surface area contributed by atoms with E-state index in [0.717, 1.165) is 19.3 Å². The summed E-state index contributed by atoms with van der Waals surface area (Å²) in [6, 6.07) is 0. The lowest BCUT2D eigenvalue weighted by Gasteiger charge is -2.26. The highest BCUT2D eigenvalue weighted by Crippen LogP contribution is 2.12. The number of carbonyl (C=O) groups is 2. The largest absolute Gasteiger partial charge is 0.387 e. The number of nitrogens with two attached hydrogens (primary N) is 2. The van der Waals surface area contributed by atoms with Gasteiger partial charge in [-0.25, -0.2) is 0 Å². The molecule has 154 valence electrons. The van der Waals surface area contributed by atoms with Crippen LogP contribution < -0.4 is 11.5 Å². The highest BCUT2D eigenvalue weighted by atomic mass is 16.5. The first-order valence-corrected chi connectivity index (χ1v) is 9.57. The molecule has 0 radical (unpaired) electrons. The molecule has 8 nitrogen and oxygen atoms in total. The maximum atomic E-state index is 11.4. The quantitative estimate of drug-likeness (QED) is 0.231. The molecular formula is C18H36N2O6. The van der Waals surface area contributed by atoms with Crippen LogP contribution in [0.15, 0.2) is 0 Å². The van der Waals surface area contributed by atoms with Crippen molar-refractivity contribution < 1.29 is 29.6 Å². The van der Waals surface area contributed by atoms with E-state index in [1.54, 1.807) is 0 Å². The number of aliphatic hydroxyl groups excluding tert-OH is 3. The van der Waals surface area contributed by atoms with E-state index < -0.39 is 36.2 Å². The van der Waals surface area contributed by atoms with E-state index in [9.17, 15) is 24.9 Å². The van der Waals surface area contributed by atoms with Crippen molar-refractivity contribution in [2.24, 2.45) is 11.5 Å². The summed E-state index contributed by atoms with van der Waals surface area (Å²) >= 11 is 0. The molecule has 7 N–H and O–H groups in total. The van der Waals surface area contributed by atoms with E-state index in [1.165, 1.54) is 38.5 Å². The van der Waals surface area contributed by atoms with E-state index in [0.29, 0.717) is 6.42 Å². The van der Waals surface area contributed by atoms with Crippen LogP contribution in [-0.4, -0.2) is 58.2 Å². The zero-order chi connectivity index (χ0) is 19.9. The van der Waals surface area contributed by atoms with Crippen LogP contribution in [-0.2, 0) is 14.3 Å². The van der Waals surface area contributed by atoms with Gasteiger partial charge in [0.05, 0.1) is 0 Å². The van der Waals surface area contributed by atoms with E-state index in [1.807, 2.05) is 0 Å². The van der Waals surface area contributed by atoms with Crippen LogP contribution in [0.2, 0.25) is 0 Å². The Labute approximate surface area is 155 Å². The van der Waals surface area contributed by atoms with Gasteiger partial charge in [-0.1, -0.05) is 64.7 Å². The third kappa shape index (κ3) is 10.7. The molecule has 26 heavy (non-hydrogen) atoms. The van der Waals surface area contributed by atoms with Crippen molar-refractivity contribution in [1.29, 1.82) is 0 Å². The molecule has 0 spiro atoms. The fraction of sp³-hybridized carbons (Fsp3) is 0.889. The monoisotopic (exact) mass is 376 g/mol. The van der Waals surface area contributed by atoms with E-state index in [2.05, 4.69) is 6.92 Å². The van der Waals surface area contributed by atoms with Gasteiger partial charge in [0.25, 0.3) is 0 Å². The molecule has 0 rings (SSSR count). The Bertz CT molecular complexity index is 394. The highest BCUT2D eigenvalue weighted by Gasteiger charge is 2.37. The van der Waals surface area contributed by atoms with Gasteiger partial charge in [-0.3, -0.25) is 9.59 Å². The predicted octanol–water partition coefficient (Wildman–Crippen LogP) is 0.346. The molecule has 0 aliphatic heterocycles. The van der Waals surface area contributed by atoms with Crippen molar-refractivity contribution in [3.05, 3.63) is 0 Å². The van der Waals surface area contributed by atoms with Crippen molar-refractivity contribution in [3.63, 3.8) is 0 Å². The Morgan fingerprint density at radius 2 is 1.23 bits per heavy atom. The lowest BCUT2D eigenvalue weighted by molar-refractivity contribution is -0.158. The number of unbranched alkanes of at least 4 members (excludes halogenated alkanes) is 9. The van der Waals surface area contributed by atoms with Crippen molar-refractivity contribution >= 4 is 11.8 Å². The zero-order valence-corrected chi connectivity index (χ0v) is 15.8. The molecular weight excluding hydrogens is 340 g/mol. The van der Waals surface area contributed by atoms with Crippen LogP contribution in [0.1, 0.15) is 71.1 Å². The molecule has 0 unspecified atom stereocenters. The highest BCUT2D eigenvalue weighted by molar-refractivity contribution is 5.81. The summed E-state index contributed by atoms with van der Waals surface area (Å²) in [5.74, 6) is -2.20. The molecule has 0 saturated heterocycles. The van der Waals surface area contributed by atoms with Crippen LogP contribution in [0, 0.1) is 0 Å². The Morgan fingerprint density at radius 3 is 1.65 bits per heavy atom. The number of rotatable bonds is 17. The Hall–Kier alpha value is -1.22. The Morgan fingerprint density at radius 1 is 0.769 bits per heavy atom. The van der Waals surface area contributed by atoms with Gasteiger partial charge in [0.2, 0.25) is 11.8 Å². The minimum Gasteiger partial charge on any atom is -0.387 e. The van der Waals surface area contributed by atoms with Gasteiger partial charge in [-0.15, -0.1) is 0 Å². The van der Waals surface area contributed by atoms with E-state index >= 15 is 0 Å². The molecule has 0 aliphatic rings. The first-order valence-electron chi connectivity index (χ1n) is 9.57. The first kappa shape index (κ1) is 24.8. The normalized spacial score (nSPS) is 16.0. The van der Waals surface area contributed by atoms with Gasteiger partial charge >= 0.3 is 0 Å². The fourth-order valence-electron chi connectivity index (χ4n) is 2.68. The Kier molecular flexibility index (Phi) is 14.2. The summed E-state index contributed by atoms with van der Waals surface area (Å²) in [6.07, 6.45) is 4.12. The van der Waals surface area contributed by atoms with E-state index in [-0.39, 0.29) is 6.61 Å². The standard InChI is InChI=1S/C18H36N2O6/c1-2-3-4-5-6-7-8-9-10-11-12-26-16(18(20)25)14(22)13(21)15(23)17(19)24/h13-16,21-23H,2-12H2,1H3,(H2,19,24)(H2,20,25)/t13-,14-,15-,16+/m0/s1. The zero-order valence-electron chi connectivity index (χ0n) is 15.8. The van der Waals surface area contributed by atoms with E-state index in [4.69, 9.17) is 16.2 Å². The molecule has 8 heteroatoms. The van der Waals surface area contributed by atoms with Gasteiger partial charge in [0.1, 0.15) is 12.2 Å². The molecule has 0 fully saturated rings. The number of hydrogen-bond acceptors (Lipinski definition) is 6. The van der Waals surface area contributed by atoms with Crippen LogP contribution in [0.4, 0.5) is 0 Å². The van der Waals surface area contributed by atoms with Crippen molar-refractivity contribution in [2.75, 3.05) is 6.61 Å². The molecule has 4 atom stereocenters. The fourth-order valence-corrected chi connectivity index (χ4v) is 2.68. The minimum atomic E-state index is -2.01. The second-order valence-electron chi connectivity index (χ2n) is 6.70. The maximum absolute atomic E-state index is 11.4. The lowest BCUT2D eigenvalue weighted by Crippen LogP contribution is -2.53. The molecule has 0 aromatic carbocycles. The number of primary amides is 2. The summed E-state index contributed by atoms with van der Waals surface area (Å²) < 4.78 is 5.24. The van der Waals surface area contributed by atoms with Gasteiger partial charge in [0, 0.05) is 6.61 Å². The van der Waals surface area contributed by atoms with Gasteiger partial charge in [0.15, 0.2) is 12.2 Å². The van der Waals surface area contributed by atoms with Gasteiger partial charge in [-0.05, 0) is 6.42 Å². The molecule has 0 aromatic rings.